The lowest BCUT2D eigenvalue weighted by Crippen LogP contribution is -2.55. The number of allylic oxidation sites excluding steroid dienone is 4. The van der Waals surface area contributed by atoms with Gasteiger partial charge >= 0.3 is 6.18 Å². The Balaban J connectivity index is 1.31. The molecule has 2 aliphatic carbocycles. The van der Waals surface area contributed by atoms with E-state index in [1.165, 1.54) is 57.1 Å². The predicted octanol–water partition coefficient (Wildman–Crippen LogP) is 7.33. The van der Waals surface area contributed by atoms with E-state index >= 15 is 4.39 Å². The van der Waals surface area contributed by atoms with Crippen LogP contribution in [0.15, 0.2) is 77.6 Å². The maximum absolute atomic E-state index is 16.4. The Bertz CT molecular complexity index is 1940. The summed E-state index contributed by atoms with van der Waals surface area (Å²) in [4.78, 5) is 12.0. The minimum Gasteiger partial charge on any atom is -0.497 e. The van der Waals surface area contributed by atoms with Gasteiger partial charge in [-0.2, -0.15) is 13.2 Å². The lowest BCUT2D eigenvalue weighted by atomic mass is 9.63. The molecular weight excluding hydrogens is 699 g/mol. The van der Waals surface area contributed by atoms with Crippen LogP contribution >= 0.6 is 0 Å². The predicted molar refractivity (Wildman–Crippen MR) is 192 cm³/mol. The topological polar surface area (TPSA) is 88.1 Å². The summed E-state index contributed by atoms with van der Waals surface area (Å²) in [5.74, 6) is 0.125. The van der Waals surface area contributed by atoms with Crippen LogP contribution in [0.5, 0.6) is 11.5 Å². The minimum atomic E-state index is -4.50. The zero-order valence-corrected chi connectivity index (χ0v) is 30.8. The lowest BCUT2D eigenvalue weighted by Gasteiger charge is -2.51. The molecule has 0 spiro atoms. The third-order valence-electron chi connectivity index (χ3n) is 11.0. The number of benzene rings is 2. The van der Waals surface area contributed by atoms with Crippen molar-refractivity contribution in [1.29, 1.82) is 0 Å². The first-order valence-electron chi connectivity index (χ1n) is 17.4. The molecule has 2 aromatic carbocycles. The molecule has 14 heteroatoms. The number of halogens is 4. The Labute approximate surface area is 303 Å². The van der Waals surface area contributed by atoms with Gasteiger partial charge < -0.3 is 19.3 Å². The maximum atomic E-state index is 16.4. The van der Waals surface area contributed by atoms with Crippen molar-refractivity contribution in [2.24, 2.45) is 11.3 Å². The molecule has 280 valence electrons. The fraction of sp³-hybridized carbons (Fsp3) is 0.474. The number of rotatable bonds is 10. The number of ether oxygens (including phenoxy) is 2. The van der Waals surface area contributed by atoms with Crippen molar-refractivity contribution in [3.05, 3.63) is 89.7 Å². The smallest absolute Gasteiger partial charge is 0.412 e. The number of aryl methyl sites for hydroxylation is 1. The van der Waals surface area contributed by atoms with Crippen molar-refractivity contribution in [1.82, 2.24) is 14.9 Å². The normalized spacial score (nSPS) is 23.6. The van der Waals surface area contributed by atoms with Gasteiger partial charge in [0.25, 0.3) is 10.0 Å². The lowest BCUT2D eigenvalue weighted by molar-refractivity contribution is -0.0982. The van der Waals surface area contributed by atoms with E-state index in [9.17, 15) is 21.6 Å². The van der Waals surface area contributed by atoms with Crippen molar-refractivity contribution in [2.45, 2.75) is 75.1 Å². The fourth-order valence-electron chi connectivity index (χ4n) is 8.17. The summed E-state index contributed by atoms with van der Waals surface area (Å²) in [6.07, 6.45) is 6.24. The van der Waals surface area contributed by atoms with Gasteiger partial charge in [0.2, 0.25) is 0 Å². The molecule has 9 nitrogen and oxygen atoms in total. The first-order chi connectivity index (χ1) is 24.7. The van der Waals surface area contributed by atoms with Crippen LogP contribution in [0.4, 0.5) is 29.1 Å². The molecule has 0 radical (unpaired) electrons. The largest absolute Gasteiger partial charge is 0.497 e. The maximum Gasteiger partial charge on any atom is 0.412 e. The van der Waals surface area contributed by atoms with Crippen LogP contribution in [0.3, 0.4) is 0 Å². The molecule has 1 fully saturated rings. The number of hydrogen-bond donors (Lipinski definition) is 0. The van der Waals surface area contributed by atoms with E-state index in [0.717, 1.165) is 16.3 Å². The average molecular weight is 744 g/mol. The molecule has 4 atom stereocenters. The Kier molecular flexibility index (Phi) is 10.6. The quantitative estimate of drug-likeness (QED) is 0.200. The van der Waals surface area contributed by atoms with Gasteiger partial charge in [0, 0.05) is 53.8 Å². The molecule has 1 aromatic heterocycles. The molecule has 52 heavy (non-hydrogen) atoms. The van der Waals surface area contributed by atoms with Crippen molar-refractivity contribution < 1.29 is 35.5 Å². The third-order valence-corrected chi connectivity index (χ3v) is 12.7. The highest BCUT2D eigenvalue weighted by molar-refractivity contribution is 7.92. The van der Waals surface area contributed by atoms with E-state index in [-0.39, 0.29) is 36.8 Å². The van der Waals surface area contributed by atoms with Gasteiger partial charge in [-0.15, -0.1) is 0 Å². The van der Waals surface area contributed by atoms with Gasteiger partial charge in [-0.05, 0) is 93.8 Å². The molecular formula is C38H45F4N5O4S. The summed E-state index contributed by atoms with van der Waals surface area (Å²) in [6.45, 7) is 2.38. The zero-order valence-electron chi connectivity index (χ0n) is 30.0. The van der Waals surface area contributed by atoms with Gasteiger partial charge in [0.05, 0.1) is 20.8 Å². The second kappa shape index (κ2) is 14.7. The van der Waals surface area contributed by atoms with Gasteiger partial charge in [-0.25, -0.2) is 27.1 Å². The van der Waals surface area contributed by atoms with Crippen molar-refractivity contribution >= 4 is 21.5 Å². The van der Waals surface area contributed by atoms with Crippen LogP contribution in [0.1, 0.15) is 50.2 Å². The molecule has 3 aromatic rings. The summed E-state index contributed by atoms with van der Waals surface area (Å²) in [6, 6.07) is 9.19. The van der Waals surface area contributed by atoms with Crippen LogP contribution in [0, 0.1) is 17.2 Å². The van der Waals surface area contributed by atoms with E-state index in [1.54, 1.807) is 18.2 Å². The van der Waals surface area contributed by atoms with Gasteiger partial charge in [0.1, 0.15) is 34.4 Å². The Morgan fingerprint density at radius 1 is 1.08 bits per heavy atom. The Morgan fingerprint density at radius 2 is 1.87 bits per heavy atom. The van der Waals surface area contributed by atoms with Crippen LogP contribution in [0.2, 0.25) is 0 Å². The number of alkyl halides is 3. The number of fused-ring (bicyclic) bond motifs is 1. The van der Waals surface area contributed by atoms with Crippen molar-refractivity contribution in [3.8, 4) is 11.5 Å². The van der Waals surface area contributed by atoms with Gasteiger partial charge in [-0.1, -0.05) is 25.2 Å². The fourth-order valence-corrected chi connectivity index (χ4v) is 9.66. The standard InChI is InChI=1S/C38H45F4N5O4S/c1-37(15-6-9-28(22-37)38(40,41)42)27-11-13-31(33(19-27)45(2)3)46-17-7-8-25-18-35(30(39)21-32(25)46)52(48,49)47(36-14-16-43-24-44-36)23-26-10-12-29(50-4)20-34(26)51-5/h6,9-10,12,14-16,18,20-21,24,27,31,33H,7-8,11,13,17,19,22-23H2,1-5H3/t27-,31-,33-,37?/m0/s1. The summed E-state index contributed by atoms with van der Waals surface area (Å²) in [7, 11) is 2.43. The number of sulfonamides is 1. The molecule has 0 amide bonds. The molecule has 1 aliphatic heterocycles. The second-order valence-corrected chi connectivity index (χ2v) is 16.1. The summed E-state index contributed by atoms with van der Waals surface area (Å²) in [5, 5.41) is 0. The van der Waals surface area contributed by atoms with Gasteiger partial charge in [-0.3, -0.25) is 0 Å². The number of aromatic nitrogens is 2. The summed E-state index contributed by atoms with van der Waals surface area (Å²) in [5.41, 5.74) is 0.740. The number of likely N-dealkylation sites (N-methyl/N-ethyl adjacent to an activating group) is 1. The molecule has 6 rings (SSSR count). The second-order valence-electron chi connectivity index (χ2n) is 14.3. The molecule has 2 heterocycles. The Morgan fingerprint density at radius 3 is 2.54 bits per heavy atom. The van der Waals surface area contributed by atoms with Crippen LogP contribution in [0.25, 0.3) is 0 Å². The van der Waals surface area contributed by atoms with E-state index in [4.69, 9.17) is 9.47 Å². The molecule has 0 saturated heterocycles. The first-order valence-corrected chi connectivity index (χ1v) is 18.8. The average Bonchev–Trinajstić information content (AvgIpc) is 3.13. The van der Waals surface area contributed by atoms with E-state index in [2.05, 4.69) is 19.8 Å². The van der Waals surface area contributed by atoms with Crippen molar-refractivity contribution in [2.75, 3.05) is 44.1 Å². The molecule has 0 N–H and O–H groups in total. The highest BCUT2D eigenvalue weighted by atomic mass is 32.2. The number of methoxy groups -OCH3 is 2. The number of anilines is 2. The molecule has 1 saturated carbocycles. The Hall–Kier alpha value is -4.17. The summed E-state index contributed by atoms with van der Waals surface area (Å²) < 4.78 is 98.3. The first kappa shape index (κ1) is 37.6. The highest BCUT2D eigenvalue weighted by Gasteiger charge is 2.46. The number of hydrogen-bond acceptors (Lipinski definition) is 8. The minimum absolute atomic E-state index is 0.0177. The molecule has 1 unspecified atom stereocenters. The zero-order chi connectivity index (χ0) is 37.4. The van der Waals surface area contributed by atoms with Crippen molar-refractivity contribution in [3.63, 3.8) is 0 Å². The van der Waals surface area contributed by atoms with Crippen LogP contribution in [-0.2, 0) is 23.0 Å². The van der Waals surface area contributed by atoms with E-state index < -0.39 is 37.9 Å². The van der Waals surface area contributed by atoms with E-state index in [0.29, 0.717) is 55.0 Å². The third kappa shape index (κ3) is 7.36. The monoisotopic (exact) mass is 743 g/mol. The number of nitrogens with zero attached hydrogens (tertiary/aromatic N) is 5. The van der Waals surface area contributed by atoms with E-state index in [1.807, 2.05) is 27.1 Å². The van der Waals surface area contributed by atoms with Crippen LogP contribution < -0.4 is 18.7 Å². The van der Waals surface area contributed by atoms with Crippen LogP contribution in [-0.4, -0.2) is 76.4 Å². The summed E-state index contributed by atoms with van der Waals surface area (Å²) >= 11 is 0. The molecule has 0 bridgehead atoms. The molecule has 3 aliphatic rings. The van der Waals surface area contributed by atoms with Gasteiger partial charge in [0.15, 0.2) is 0 Å². The SMILES string of the molecule is COc1ccc(CN(c2ccncn2)S(=O)(=O)c2cc3c(cc2F)N([C@H]2CC[C@H](C4(C)C=CC=C(C(F)(F)F)C4)C[C@@H]2N(C)C)CCC3)c(OC)c1. The highest BCUT2D eigenvalue weighted by Crippen LogP contribution is 2.50.